The monoisotopic (exact) mass is 1250 g/mol. The minimum Gasteiger partial charge on any atom is -0.394 e. The number of hydrogen-bond acceptors (Lipinski definition) is 31. The van der Waals surface area contributed by atoms with E-state index < -0.39 is 152 Å². The fraction of sp³-hybridized carbons (Fsp3) is 0.500. The van der Waals surface area contributed by atoms with Crippen molar-refractivity contribution in [1.29, 1.82) is 0 Å². The number of nitrogens with two attached hydrogens (primary N) is 4. The molecule has 0 bridgehead atoms. The summed E-state index contributed by atoms with van der Waals surface area (Å²) in [5.41, 5.74) is 19.6. The second kappa shape index (κ2) is 22.2. The van der Waals surface area contributed by atoms with Gasteiger partial charge < -0.3 is 66.8 Å². The number of phosphoric acid groups is 3. The van der Waals surface area contributed by atoms with E-state index in [1.807, 2.05) is 0 Å². The highest BCUT2D eigenvalue weighted by molar-refractivity contribution is 7.48. The zero-order valence-electron chi connectivity index (χ0n) is 43.1. The van der Waals surface area contributed by atoms with Crippen molar-refractivity contribution < 1.29 is 84.7 Å². The third-order valence-electron chi connectivity index (χ3n) is 14.0. The van der Waals surface area contributed by atoms with Crippen LogP contribution in [-0.2, 0) is 59.8 Å². The minimum absolute atomic E-state index is 0.000762. The number of fused-ring (bicyclic) bond motifs is 4. The average Bonchev–Trinajstić information content (AvgIpc) is 2.51. The number of H-pyrrole nitrogens is 4. The molecule has 8 aromatic rings. The Hall–Kier alpha value is -7.31. The Balaban J connectivity index is 0.750. The highest BCUT2D eigenvalue weighted by Crippen LogP contribution is 2.54. The zero-order chi connectivity index (χ0) is 60.0. The van der Waals surface area contributed by atoms with Gasteiger partial charge in [0.15, 0.2) is 44.7 Å². The number of aliphatic hydroxyl groups excluding tert-OH is 2. The maximum atomic E-state index is 14.1. The van der Waals surface area contributed by atoms with Gasteiger partial charge in [-0.3, -0.25) is 84.5 Å². The molecule has 15 atom stereocenters. The Labute approximate surface area is 469 Å². The second-order valence-corrected chi connectivity index (χ2v) is 23.8. The van der Waals surface area contributed by atoms with Crippen molar-refractivity contribution in [2.75, 3.05) is 49.4 Å². The van der Waals surface area contributed by atoms with E-state index in [2.05, 4.69) is 59.8 Å². The molecule has 8 aromatic heterocycles. The number of ether oxygens (including phenoxy) is 4. The molecule has 42 nitrogen and oxygen atoms in total. The van der Waals surface area contributed by atoms with E-state index in [0.717, 1.165) is 12.7 Å². The molecule has 0 aliphatic carbocycles. The van der Waals surface area contributed by atoms with Crippen molar-refractivity contribution in [1.82, 2.24) is 78.1 Å². The van der Waals surface area contributed by atoms with Gasteiger partial charge in [0.25, 0.3) is 22.2 Å². The van der Waals surface area contributed by atoms with Gasteiger partial charge in [-0.2, -0.15) is 19.9 Å². The number of nitrogens with zero attached hydrogens (tertiary/aromatic N) is 12. The highest BCUT2D eigenvalue weighted by atomic mass is 31.2. The first-order chi connectivity index (χ1) is 40.4. The van der Waals surface area contributed by atoms with Crippen molar-refractivity contribution in [3.05, 3.63) is 66.7 Å². The van der Waals surface area contributed by atoms with Gasteiger partial charge >= 0.3 is 23.5 Å². The molecule has 0 radical (unpaired) electrons. The lowest BCUT2D eigenvalue weighted by Gasteiger charge is -2.25. The maximum absolute atomic E-state index is 14.1. The molecular weight excluding hydrogens is 1210 g/mol. The number of anilines is 4. The molecular formula is C40H49N20O22P3. The van der Waals surface area contributed by atoms with Gasteiger partial charge in [0, 0.05) is 25.7 Å². The molecule has 0 spiro atoms. The predicted octanol–water partition coefficient (Wildman–Crippen LogP) is -3.14. The van der Waals surface area contributed by atoms with Gasteiger partial charge in [-0.1, -0.05) is 0 Å². The molecule has 4 aliphatic heterocycles. The van der Waals surface area contributed by atoms with Crippen molar-refractivity contribution >= 4 is 91.9 Å². The van der Waals surface area contributed by atoms with Crippen LogP contribution in [0.5, 0.6) is 0 Å². The van der Waals surface area contributed by atoms with E-state index in [1.54, 1.807) is 0 Å². The molecule has 4 fully saturated rings. The lowest BCUT2D eigenvalue weighted by atomic mass is 10.2. The van der Waals surface area contributed by atoms with E-state index in [-0.39, 0.29) is 87.7 Å². The van der Waals surface area contributed by atoms with Crippen LogP contribution in [0.4, 0.5) is 23.8 Å². The largest absolute Gasteiger partial charge is 0.472 e. The van der Waals surface area contributed by atoms with Crippen LogP contribution in [0.3, 0.4) is 0 Å². The van der Waals surface area contributed by atoms with Crippen LogP contribution in [0.25, 0.3) is 44.7 Å². The number of hydrogen-bond donors (Lipinski definition) is 13. The molecule has 3 unspecified atom stereocenters. The van der Waals surface area contributed by atoms with E-state index in [4.69, 9.17) is 69.0 Å². The molecule has 4 saturated heterocycles. The number of nitrogen functional groups attached to an aromatic ring is 4. The van der Waals surface area contributed by atoms with Crippen molar-refractivity contribution in [2.45, 2.75) is 99.4 Å². The lowest BCUT2D eigenvalue weighted by Crippen LogP contribution is -2.31. The number of aliphatic hydroxyl groups is 2. The van der Waals surface area contributed by atoms with Crippen LogP contribution in [0.2, 0.25) is 0 Å². The lowest BCUT2D eigenvalue weighted by molar-refractivity contribution is -0.0620. The summed E-state index contributed by atoms with van der Waals surface area (Å²) in [5, 5.41) is 21.1. The Morgan fingerprint density at radius 1 is 0.471 bits per heavy atom. The standard InChI is InChI=1S/C40H49N20O22P3/c41-37-49-29-25(33(63)53-37)45-9-57(29)21-1-13(62)18(77-21)6-73-83(67,68)81-15-3-23(59-11-47-27-31(59)51-39(43)55-35(27)65)79-20(15)8-75-85(71,72)82-16-4-24(60-12-48-28-32(60)52-40(44)56-36(28)66)78-19(16)7-74-84(69,70)80-14-2-22(76-17(14)5-61)58-10-46-26-30(58)50-38(42)54-34(26)64/h9-24,61-62H,1-8H2,(H,67,68)(H,69,70)(H,71,72)(H3,41,49,53,63)(H3,42,50,54,64)(H3,43,51,55,65)(H3,44,52,56,66)/t13-,14-,15-,16-,17+,18+,19+,20+,21+,22+,23+,24+/m0/s1. The van der Waals surface area contributed by atoms with Crippen LogP contribution in [0.15, 0.2) is 44.5 Å². The number of aromatic nitrogens is 16. The number of imidazole rings is 4. The Morgan fingerprint density at radius 2 is 0.741 bits per heavy atom. The fourth-order valence-corrected chi connectivity index (χ4v) is 13.0. The highest BCUT2D eigenvalue weighted by Gasteiger charge is 2.49. The number of nitrogens with one attached hydrogen (secondary N) is 4. The first-order valence-electron chi connectivity index (χ1n) is 25.2. The van der Waals surface area contributed by atoms with Crippen LogP contribution in [0.1, 0.15) is 50.6 Å². The molecule has 0 amide bonds. The Kier molecular flexibility index (Phi) is 15.2. The predicted molar refractivity (Wildman–Crippen MR) is 279 cm³/mol. The second-order valence-electron chi connectivity index (χ2n) is 19.5. The van der Waals surface area contributed by atoms with E-state index in [1.165, 1.54) is 30.9 Å². The quantitative estimate of drug-likeness (QED) is 0.0335. The molecule has 4 aliphatic rings. The van der Waals surface area contributed by atoms with Crippen molar-refractivity contribution in [2.24, 2.45) is 0 Å². The first kappa shape index (κ1) is 58.1. The number of rotatable bonds is 20. The molecule has 0 saturated carbocycles. The SMILES string of the molecule is Nc1nc2c(ncn2[C@H]2C[C@H](OP(=O)(O)OC[C@H]3O[C@@H](n4cnc5c(=O)[nH]c(N)nc54)C[C@@H]3OP(=O)(O)OC[C@H]3O[C@@H](n4cnc5c(=O)[nH]c(N)nc54)C[C@@H]3OP(=O)(O)OC[C@H]3O[C@@H](n4cnc5c(=O)[nH]c(N)nc54)C[C@@H]3O)[C@@H](CO)O2)c(=O)[nH]1. The molecule has 12 rings (SSSR count). The van der Waals surface area contributed by atoms with Gasteiger partial charge in [-0.05, 0) is 0 Å². The normalized spacial score (nSPS) is 28.5. The average molecular weight is 1250 g/mol. The van der Waals surface area contributed by atoms with Crippen molar-refractivity contribution in [3.8, 4) is 0 Å². The summed E-state index contributed by atoms with van der Waals surface area (Å²) >= 11 is 0. The Morgan fingerprint density at radius 3 is 1.06 bits per heavy atom. The van der Waals surface area contributed by atoms with Crippen LogP contribution >= 0.6 is 23.5 Å². The zero-order valence-corrected chi connectivity index (χ0v) is 45.8. The summed E-state index contributed by atoms with van der Waals surface area (Å²) in [5.74, 6) is -1.08. The van der Waals surface area contributed by atoms with E-state index >= 15 is 0 Å². The van der Waals surface area contributed by atoms with Crippen LogP contribution < -0.4 is 45.2 Å². The fourth-order valence-electron chi connectivity index (χ4n) is 10.2. The van der Waals surface area contributed by atoms with E-state index in [9.17, 15) is 57.8 Å². The number of aromatic amines is 4. The third kappa shape index (κ3) is 11.6. The topological polar surface area (TPSA) is 603 Å². The molecule has 12 heterocycles. The molecule has 456 valence electrons. The molecule has 17 N–H and O–H groups in total. The molecule has 85 heavy (non-hydrogen) atoms. The summed E-state index contributed by atoms with van der Waals surface area (Å²) < 4.78 is 104. The summed E-state index contributed by atoms with van der Waals surface area (Å²) in [4.78, 5) is 126. The van der Waals surface area contributed by atoms with E-state index in [0.29, 0.717) is 0 Å². The number of phosphoric ester groups is 3. The molecule has 0 aromatic carbocycles. The van der Waals surface area contributed by atoms with Crippen LogP contribution in [-0.4, -0.2) is 178 Å². The van der Waals surface area contributed by atoms with Crippen LogP contribution in [0, 0.1) is 0 Å². The van der Waals surface area contributed by atoms with Gasteiger partial charge in [-0.25, -0.2) is 33.6 Å². The smallest absolute Gasteiger partial charge is 0.394 e. The minimum atomic E-state index is -5.42. The van der Waals surface area contributed by atoms with Crippen molar-refractivity contribution in [3.63, 3.8) is 0 Å². The Bertz CT molecular complexity index is 4280. The van der Waals surface area contributed by atoms with Gasteiger partial charge in [0.05, 0.1) is 57.8 Å². The summed E-state index contributed by atoms with van der Waals surface area (Å²) in [6.45, 7) is -3.38. The summed E-state index contributed by atoms with van der Waals surface area (Å²) in [6, 6.07) is 0. The maximum Gasteiger partial charge on any atom is 0.472 e. The van der Waals surface area contributed by atoms with Gasteiger partial charge in [0.2, 0.25) is 23.8 Å². The summed E-state index contributed by atoms with van der Waals surface area (Å²) in [7, 11) is -15.9. The first-order valence-corrected chi connectivity index (χ1v) is 29.6. The van der Waals surface area contributed by atoms with Gasteiger partial charge in [-0.15, -0.1) is 0 Å². The molecule has 45 heteroatoms. The third-order valence-corrected chi connectivity index (χ3v) is 17.0. The van der Waals surface area contributed by atoms with Gasteiger partial charge in [0.1, 0.15) is 67.6 Å². The summed E-state index contributed by atoms with van der Waals surface area (Å²) in [6.07, 6.45) is -12.5.